The number of aryl methyl sites for hydroxylation is 2. The molecule has 0 bridgehead atoms. The summed E-state index contributed by atoms with van der Waals surface area (Å²) in [6.07, 6.45) is 4.97. The van der Waals surface area contributed by atoms with E-state index in [1.807, 2.05) is 4.57 Å². The second-order valence-corrected chi connectivity index (χ2v) is 10.7. The van der Waals surface area contributed by atoms with E-state index in [-0.39, 0.29) is 24.2 Å². The number of aromatic nitrogens is 4. The van der Waals surface area contributed by atoms with E-state index in [1.165, 1.54) is 29.2 Å². The molecule has 164 valence electrons. The molecule has 1 fully saturated rings. The number of rotatable bonds is 8. The molecule has 3 heterocycles. The van der Waals surface area contributed by atoms with Gasteiger partial charge in [0.05, 0.1) is 12.4 Å². The first-order valence-electron chi connectivity index (χ1n) is 10.4. The van der Waals surface area contributed by atoms with Gasteiger partial charge in [-0.25, -0.2) is 28.1 Å². The molecule has 0 saturated heterocycles. The molecule has 31 heavy (non-hydrogen) atoms. The molecular weight excluding hydrogens is 436 g/mol. The SMILES string of the molecule is CCc1cc2c(cc1Sc1nc3c(N)ncnc3n1CCS(=O)(=O)NC1CC1)OCC2. The van der Waals surface area contributed by atoms with Crippen molar-refractivity contribution in [3.05, 3.63) is 29.6 Å². The number of nitrogens with one attached hydrogen (secondary N) is 1. The largest absolute Gasteiger partial charge is 0.493 e. The van der Waals surface area contributed by atoms with Crippen LogP contribution in [0.5, 0.6) is 5.75 Å². The number of nitrogens with two attached hydrogens (primary N) is 1. The lowest BCUT2D eigenvalue weighted by Crippen LogP contribution is -2.30. The maximum atomic E-state index is 12.5. The third kappa shape index (κ3) is 4.21. The summed E-state index contributed by atoms with van der Waals surface area (Å²) in [4.78, 5) is 14.1. The number of ether oxygens (including phenoxy) is 1. The van der Waals surface area contributed by atoms with Crippen LogP contribution < -0.4 is 15.2 Å². The van der Waals surface area contributed by atoms with Gasteiger partial charge >= 0.3 is 0 Å². The van der Waals surface area contributed by atoms with Crippen LogP contribution in [0.1, 0.15) is 30.9 Å². The van der Waals surface area contributed by atoms with Crippen LogP contribution in [0.25, 0.3) is 11.2 Å². The minimum absolute atomic E-state index is 0.0552. The molecule has 0 amide bonds. The summed E-state index contributed by atoms with van der Waals surface area (Å²) in [6, 6.07) is 4.32. The highest BCUT2D eigenvalue weighted by molar-refractivity contribution is 7.99. The molecule has 5 rings (SSSR count). The van der Waals surface area contributed by atoms with Crippen molar-refractivity contribution in [1.82, 2.24) is 24.2 Å². The maximum absolute atomic E-state index is 12.5. The summed E-state index contributed by atoms with van der Waals surface area (Å²) in [7, 11) is -3.39. The highest BCUT2D eigenvalue weighted by atomic mass is 32.2. The fraction of sp³-hybridized carbons (Fsp3) is 0.450. The van der Waals surface area contributed by atoms with Crippen LogP contribution in [0.4, 0.5) is 5.82 Å². The zero-order chi connectivity index (χ0) is 21.6. The number of fused-ring (bicyclic) bond motifs is 2. The molecule has 3 N–H and O–H groups in total. The number of nitrogens with zero attached hydrogens (tertiary/aromatic N) is 4. The summed E-state index contributed by atoms with van der Waals surface area (Å²) < 4.78 is 35.2. The lowest BCUT2D eigenvalue weighted by Gasteiger charge is -2.12. The molecular formula is C20H24N6O3S2. The first-order chi connectivity index (χ1) is 14.9. The van der Waals surface area contributed by atoms with Gasteiger partial charge < -0.3 is 15.0 Å². The van der Waals surface area contributed by atoms with Crippen molar-refractivity contribution in [1.29, 1.82) is 0 Å². The van der Waals surface area contributed by atoms with Crippen molar-refractivity contribution in [3.63, 3.8) is 0 Å². The standard InChI is InChI=1S/C20H24N6O3S2/c1-2-12-9-13-5-7-29-15(13)10-16(12)30-20-24-17-18(21)22-11-23-19(17)26(20)6-8-31(27,28)25-14-3-4-14/h9-11,14,25H,2-8H2,1H3,(H2,21,22,23). The number of nitrogen functional groups attached to an aromatic ring is 1. The van der Waals surface area contributed by atoms with E-state index in [2.05, 4.69) is 38.7 Å². The highest BCUT2D eigenvalue weighted by Crippen LogP contribution is 2.38. The van der Waals surface area contributed by atoms with Crippen LogP contribution in [0.2, 0.25) is 0 Å². The first kappa shape index (κ1) is 20.5. The van der Waals surface area contributed by atoms with Crippen LogP contribution in [0.3, 0.4) is 0 Å². The average molecular weight is 461 g/mol. The second-order valence-electron chi connectivity index (χ2n) is 7.81. The fourth-order valence-corrected chi connectivity index (χ4v) is 6.07. The summed E-state index contributed by atoms with van der Waals surface area (Å²) in [5.74, 6) is 1.12. The van der Waals surface area contributed by atoms with Gasteiger partial charge in [0.2, 0.25) is 10.0 Å². The molecule has 0 radical (unpaired) electrons. The van der Waals surface area contributed by atoms with Crippen LogP contribution in [0.15, 0.2) is 28.5 Å². The van der Waals surface area contributed by atoms with E-state index in [0.29, 0.717) is 22.9 Å². The summed E-state index contributed by atoms with van der Waals surface area (Å²) in [5, 5.41) is 0.636. The van der Waals surface area contributed by atoms with E-state index < -0.39 is 10.0 Å². The van der Waals surface area contributed by atoms with Crippen molar-refractivity contribution in [2.75, 3.05) is 18.1 Å². The Morgan fingerprint density at radius 1 is 1.32 bits per heavy atom. The summed E-state index contributed by atoms with van der Waals surface area (Å²) in [6.45, 7) is 3.04. The Labute approximate surface area is 184 Å². The monoisotopic (exact) mass is 460 g/mol. The predicted octanol–water partition coefficient (Wildman–Crippen LogP) is 2.14. The van der Waals surface area contributed by atoms with E-state index in [9.17, 15) is 8.42 Å². The molecule has 2 aromatic heterocycles. The van der Waals surface area contributed by atoms with Gasteiger partial charge in [-0.1, -0.05) is 24.8 Å². The average Bonchev–Trinajstić information content (AvgIpc) is 3.29. The molecule has 1 aromatic carbocycles. The molecule has 0 spiro atoms. The number of hydrogen-bond acceptors (Lipinski definition) is 8. The molecule has 9 nitrogen and oxygen atoms in total. The van der Waals surface area contributed by atoms with Gasteiger partial charge in [-0.3, -0.25) is 0 Å². The topological polar surface area (TPSA) is 125 Å². The normalized spacial score (nSPS) is 15.9. The number of hydrogen-bond donors (Lipinski definition) is 2. The van der Waals surface area contributed by atoms with E-state index in [0.717, 1.165) is 36.3 Å². The zero-order valence-electron chi connectivity index (χ0n) is 17.2. The second kappa shape index (κ2) is 7.95. The summed E-state index contributed by atoms with van der Waals surface area (Å²) in [5.41, 5.74) is 9.47. The van der Waals surface area contributed by atoms with Crippen molar-refractivity contribution >= 4 is 38.8 Å². The lowest BCUT2D eigenvalue weighted by atomic mass is 10.1. The van der Waals surface area contributed by atoms with Crippen molar-refractivity contribution in [2.24, 2.45) is 0 Å². The highest BCUT2D eigenvalue weighted by Gasteiger charge is 2.27. The van der Waals surface area contributed by atoms with Gasteiger partial charge in [0.1, 0.15) is 12.1 Å². The van der Waals surface area contributed by atoms with Crippen molar-refractivity contribution < 1.29 is 13.2 Å². The van der Waals surface area contributed by atoms with Gasteiger partial charge in [-0.2, -0.15) is 0 Å². The third-order valence-corrected chi connectivity index (χ3v) is 7.99. The minimum atomic E-state index is -3.39. The Morgan fingerprint density at radius 3 is 2.94 bits per heavy atom. The molecule has 1 saturated carbocycles. The molecule has 1 aliphatic carbocycles. The van der Waals surface area contributed by atoms with E-state index in [1.54, 1.807) is 0 Å². The Kier molecular flexibility index (Phi) is 5.27. The Morgan fingerprint density at radius 2 is 2.16 bits per heavy atom. The Hall–Kier alpha value is -2.37. The zero-order valence-corrected chi connectivity index (χ0v) is 18.8. The molecule has 1 aliphatic heterocycles. The molecule has 11 heteroatoms. The first-order valence-corrected chi connectivity index (χ1v) is 12.8. The Bertz CT molecular complexity index is 1250. The molecule has 2 aliphatic rings. The van der Waals surface area contributed by atoms with Crippen molar-refractivity contribution in [2.45, 2.75) is 55.2 Å². The van der Waals surface area contributed by atoms with Gasteiger partial charge in [0.15, 0.2) is 22.1 Å². The fourth-order valence-electron chi connectivity index (χ4n) is 3.67. The van der Waals surface area contributed by atoms with Crippen LogP contribution in [0, 0.1) is 0 Å². The maximum Gasteiger partial charge on any atom is 0.213 e. The molecule has 0 unspecified atom stereocenters. The third-order valence-electron chi connectivity index (χ3n) is 5.49. The van der Waals surface area contributed by atoms with Crippen LogP contribution >= 0.6 is 11.8 Å². The van der Waals surface area contributed by atoms with Crippen molar-refractivity contribution in [3.8, 4) is 5.75 Å². The number of sulfonamides is 1. The van der Waals surface area contributed by atoms with Gasteiger partial charge in [-0.15, -0.1) is 0 Å². The molecule has 0 atom stereocenters. The van der Waals surface area contributed by atoms with E-state index >= 15 is 0 Å². The lowest BCUT2D eigenvalue weighted by molar-refractivity contribution is 0.356. The summed E-state index contributed by atoms with van der Waals surface area (Å²) >= 11 is 1.48. The van der Waals surface area contributed by atoms with Gasteiger partial charge in [0, 0.05) is 23.9 Å². The smallest absolute Gasteiger partial charge is 0.213 e. The van der Waals surface area contributed by atoms with E-state index in [4.69, 9.17) is 10.5 Å². The van der Waals surface area contributed by atoms with Gasteiger partial charge in [0.25, 0.3) is 0 Å². The Balaban J connectivity index is 1.51. The predicted molar refractivity (Wildman–Crippen MR) is 119 cm³/mol. The van der Waals surface area contributed by atoms with Gasteiger partial charge in [-0.05, 0) is 36.5 Å². The number of anilines is 1. The minimum Gasteiger partial charge on any atom is -0.493 e. The molecule has 3 aromatic rings. The van der Waals surface area contributed by atoms with Crippen LogP contribution in [-0.2, 0) is 29.4 Å². The van der Waals surface area contributed by atoms with Crippen LogP contribution in [-0.4, -0.2) is 46.3 Å². The number of benzene rings is 1. The number of imidazole rings is 1. The quantitative estimate of drug-likeness (QED) is 0.524.